The summed E-state index contributed by atoms with van der Waals surface area (Å²) in [6.45, 7) is 3.95. The number of thioether (sulfide) groups is 1. The van der Waals surface area contributed by atoms with E-state index in [1.165, 1.54) is 11.8 Å². The second-order valence-electron chi connectivity index (χ2n) is 1.32. The number of hydrogen-bond acceptors (Lipinski definition) is 1. The van der Waals surface area contributed by atoms with Crippen LogP contribution in [0, 0.1) is 0 Å². The van der Waals surface area contributed by atoms with Gasteiger partial charge < -0.3 is 0 Å². The van der Waals surface area contributed by atoms with Crippen molar-refractivity contribution in [3.63, 3.8) is 0 Å². The quantitative estimate of drug-likeness (QED) is 0.521. The minimum Gasteiger partial charge on any atom is -0.239 e. The topological polar surface area (TPSA) is 0 Å². The molecule has 0 aromatic carbocycles. The average Bonchev–Trinajstić information content (AvgIpc) is 1.35. The molecular weight excluding hydrogens is 99.1 g/mol. The van der Waals surface area contributed by atoms with Crippen LogP contribution in [0.25, 0.3) is 0 Å². The molecule has 0 aromatic rings. The maximum atomic E-state index is 11.2. The van der Waals surface area contributed by atoms with E-state index in [0.717, 1.165) is 0 Å². The van der Waals surface area contributed by atoms with E-state index in [9.17, 15) is 4.39 Å². The van der Waals surface area contributed by atoms with Crippen molar-refractivity contribution >= 4 is 11.8 Å². The standard InChI is InChI=1S/C4H9FS/c1-4(2)6-3-5/h4H,3H2,1-2H3. The van der Waals surface area contributed by atoms with Crippen LogP contribution in [0.1, 0.15) is 13.8 Å². The smallest absolute Gasteiger partial charge is 0.135 e. The van der Waals surface area contributed by atoms with Crippen LogP contribution in [-0.2, 0) is 0 Å². The molecule has 2 heteroatoms. The second-order valence-corrected chi connectivity index (χ2v) is 2.82. The van der Waals surface area contributed by atoms with Crippen LogP contribution in [0.2, 0.25) is 0 Å². The fraction of sp³-hybridized carbons (Fsp3) is 1.00. The first kappa shape index (κ1) is 6.28. The molecule has 0 saturated heterocycles. The normalized spacial score (nSPS) is 10.0. The van der Waals surface area contributed by atoms with Crippen molar-refractivity contribution in [1.82, 2.24) is 0 Å². The van der Waals surface area contributed by atoms with Gasteiger partial charge in [0.05, 0.1) is 0 Å². The van der Waals surface area contributed by atoms with E-state index in [-0.39, 0.29) is 6.01 Å². The Morgan fingerprint density at radius 3 is 2.17 bits per heavy atom. The van der Waals surface area contributed by atoms with Crippen LogP contribution < -0.4 is 0 Å². The molecule has 6 heavy (non-hydrogen) atoms. The Morgan fingerprint density at radius 1 is 1.67 bits per heavy atom. The van der Waals surface area contributed by atoms with E-state index in [1.54, 1.807) is 0 Å². The Bertz CT molecular complexity index is 28.7. The highest BCUT2D eigenvalue weighted by atomic mass is 32.2. The molecule has 0 unspecified atom stereocenters. The van der Waals surface area contributed by atoms with Crippen LogP contribution in [0.5, 0.6) is 0 Å². The SMILES string of the molecule is CC(C)SCF. The second kappa shape index (κ2) is 3.47. The zero-order valence-electron chi connectivity index (χ0n) is 4.07. The monoisotopic (exact) mass is 108 g/mol. The fourth-order valence-corrected chi connectivity index (χ4v) is 0.378. The molecule has 0 heterocycles. The predicted molar refractivity (Wildman–Crippen MR) is 28.7 cm³/mol. The van der Waals surface area contributed by atoms with Crippen molar-refractivity contribution in [3.05, 3.63) is 0 Å². The lowest BCUT2D eigenvalue weighted by molar-refractivity contribution is 0.604. The van der Waals surface area contributed by atoms with Gasteiger partial charge in [-0.15, -0.1) is 11.8 Å². The minimum atomic E-state index is -0.252. The average molecular weight is 108 g/mol. The lowest BCUT2D eigenvalue weighted by Gasteiger charge is -1.94. The van der Waals surface area contributed by atoms with Gasteiger partial charge in [-0.2, -0.15) is 0 Å². The highest BCUT2D eigenvalue weighted by Crippen LogP contribution is 2.07. The van der Waals surface area contributed by atoms with Gasteiger partial charge in [0.2, 0.25) is 0 Å². The molecule has 0 fully saturated rings. The first-order valence-electron chi connectivity index (χ1n) is 1.95. The van der Waals surface area contributed by atoms with Crippen molar-refractivity contribution in [1.29, 1.82) is 0 Å². The van der Waals surface area contributed by atoms with Crippen molar-refractivity contribution in [2.45, 2.75) is 19.1 Å². The lowest BCUT2D eigenvalue weighted by atomic mass is 10.6. The molecule has 38 valence electrons. The van der Waals surface area contributed by atoms with Crippen LogP contribution in [0.15, 0.2) is 0 Å². The zero-order chi connectivity index (χ0) is 4.99. The molecular formula is C4H9FS. The molecule has 0 amide bonds. The zero-order valence-corrected chi connectivity index (χ0v) is 4.89. The Hall–Kier alpha value is 0.280. The fourth-order valence-electron chi connectivity index (χ4n) is 0.126. The van der Waals surface area contributed by atoms with Gasteiger partial charge in [0.15, 0.2) is 0 Å². The molecule has 0 atom stereocenters. The summed E-state index contributed by atoms with van der Waals surface area (Å²) < 4.78 is 11.2. The third kappa shape index (κ3) is 4.28. The van der Waals surface area contributed by atoms with Crippen LogP contribution >= 0.6 is 11.8 Å². The van der Waals surface area contributed by atoms with E-state index < -0.39 is 0 Å². The Morgan fingerprint density at radius 2 is 2.17 bits per heavy atom. The predicted octanol–water partition coefficient (Wildman–Crippen LogP) is 2.06. The third-order valence-corrected chi connectivity index (χ3v) is 1.19. The number of alkyl halides is 1. The van der Waals surface area contributed by atoms with Gasteiger partial charge in [-0.1, -0.05) is 13.8 Å². The van der Waals surface area contributed by atoms with Gasteiger partial charge in [-0.3, -0.25) is 0 Å². The number of hydrogen-bond donors (Lipinski definition) is 0. The Balaban J connectivity index is 2.63. The highest BCUT2D eigenvalue weighted by molar-refractivity contribution is 7.99. The van der Waals surface area contributed by atoms with Crippen LogP contribution in [0.4, 0.5) is 4.39 Å². The van der Waals surface area contributed by atoms with Gasteiger partial charge in [0, 0.05) is 5.25 Å². The molecule has 0 aliphatic rings. The van der Waals surface area contributed by atoms with Gasteiger partial charge in [0.1, 0.15) is 6.01 Å². The highest BCUT2D eigenvalue weighted by Gasteiger charge is 1.87. The molecule has 0 N–H and O–H groups in total. The van der Waals surface area contributed by atoms with Crippen molar-refractivity contribution in [2.24, 2.45) is 0 Å². The maximum absolute atomic E-state index is 11.2. The summed E-state index contributed by atoms with van der Waals surface area (Å²) in [6, 6.07) is -0.252. The van der Waals surface area contributed by atoms with E-state index in [4.69, 9.17) is 0 Å². The Labute approximate surface area is 42.1 Å². The van der Waals surface area contributed by atoms with Gasteiger partial charge >= 0.3 is 0 Å². The summed E-state index contributed by atoms with van der Waals surface area (Å²) >= 11 is 1.32. The summed E-state index contributed by atoms with van der Waals surface area (Å²) in [7, 11) is 0. The molecule has 0 bridgehead atoms. The Kier molecular flexibility index (Phi) is 3.63. The van der Waals surface area contributed by atoms with Gasteiger partial charge in [0.25, 0.3) is 0 Å². The molecule has 0 aliphatic carbocycles. The van der Waals surface area contributed by atoms with E-state index >= 15 is 0 Å². The number of halogens is 1. The molecule has 0 rings (SSSR count). The molecule has 0 spiro atoms. The summed E-state index contributed by atoms with van der Waals surface area (Å²) in [4.78, 5) is 0. The maximum Gasteiger partial charge on any atom is 0.135 e. The molecule has 0 aromatic heterocycles. The number of rotatable bonds is 2. The summed E-state index contributed by atoms with van der Waals surface area (Å²) in [5.41, 5.74) is 0. The molecule has 0 nitrogen and oxygen atoms in total. The van der Waals surface area contributed by atoms with Crippen molar-refractivity contribution in [2.75, 3.05) is 6.01 Å². The first-order chi connectivity index (χ1) is 2.77. The summed E-state index contributed by atoms with van der Waals surface area (Å²) in [5.74, 6) is 0. The molecule has 0 radical (unpaired) electrons. The van der Waals surface area contributed by atoms with Gasteiger partial charge in [-0.05, 0) is 0 Å². The minimum absolute atomic E-state index is 0.252. The lowest BCUT2D eigenvalue weighted by Crippen LogP contribution is -1.83. The van der Waals surface area contributed by atoms with E-state index in [2.05, 4.69) is 0 Å². The molecule has 0 saturated carbocycles. The van der Waals surface area contributed by atoms with E-state index in [0.29, 0.717) is 5.25 Å². The molecule has 0 aliphatic heterocycles. The van der Waals surface area contributed by atoms with Crippen LogP contribution in [-0.4, -0.2) is 11.3 Å². The summed E-state index contributed by atoms with van der Waals surface area (Å²) in [6.07, 6.45) is 0. The first-order valence-corrected chi connectivity index (χ1v) is 3.00. The largest absolute Gasteiger partial charge is 0.239 e. The van der Waals surface area contributed by atoms with Crippen molar-refractivity contribution in [3.8, 4) is 0 Å². The van der Waals surface area contributed by atoms with Crippen LogP contribution in [0.3, 0.4) is 0 Å². The summed E-state index contributed by atoms with van der Waals surface area (Å²) in [5, 5.41) is 0.440. The van der Waals surface area contributed by atoms with Gasteiger partial charge in [-0.25, -0.2) is 4.39 Å². The van der Waals surface area contributed by atoms with Crippen molar-refractivity contribution < 1.29 is 4.39 Å². The van der Waals surface area contributed by atoms with E-state index in [1.807, 2.05) is 13.8 Å². The third-order valence-electron chi connectivity index (χ3n) is 0.396.